The van der Waals surface area contributed by atoms with Crippen molar-refractivity contribution in [2.75, 3.05) is 13.6 Å². The van der Waals surface area contributed by atoms with Crippen molar-refractivity contribution in [3.8, 4) is 0 Å². The fourth-order valence-electron chi connectivity index (χ4n) is 3.47. The normalized spacial score (nSPS) is 18.7. The lowest BCUT2D eigenvalue weighted by Gasteiger charge is -2.35. The minimum atomic E-state index is -0.0606. The quantitative estimate of drug-likeness (QED) is 0.901. The lowest BCUT2D eigenvalue weighted by molar-refractivity contribution is 0.0951. The number of hydrogen-bond acceptors (Lipinski definition) is 5. The highest BCUT2D eigenvalue weighted by atomic mass is 16.4. The van der Waals surface area contributed by atoms with Gasteiger partial charge in [0.05, 0.1) is 12.6 Å². The summed E-state index contributed by atoms with van der Waals surface area (Å²) in [6, 6.07) is 4.21. The molecular formula is C18H27N5O2. The van der Waals surface area contributed by atoms with Crippen LogP contribution in [0.2, 0.25) is 0 Å². The maximum absolute atomic E-state index is 12.0. The highest BCUT2D eigenvalue weighted by Crippen LogP contribution is 2.33. The van der Waals surface area contributed by atoms with Gasteiger partial charge in [0, 0.05) is 25.7 Å². The predicted molar refractivity (Wildman–Crippen MR) is 94.2 cm³/mol. The van der Waals surface area contributed by atoms with Crippen LogP contribution in [-0.4, -0.2) is 39.2 Å². The third kappa shape index (κ3) is 3.61. The number of amides is 1. The topological polar surface area (TPSA) is 76.2 Å². The number of aromatic nitrogens is 3. The average molecular weight is 345 g/mol. The molecule has 1 unspecified atom stereocenters. The first-order valence-corrected chi connectivity index (χ1v) is 8.95. The molecule has 2 aromatic rings. The molecule has 0 spiro atoms. The number of nitrogens with one attached hydrogen (secondary N) is 1. The summed E-state index contributed by atoms with van der Waals surface area (Å²) in [6.45, 7) is 5.73. The molecule has 25 heavy (non-hydrogen) atoms. The monoisotopic (exact) mass is 345 g/mol. The highest BCUT2D eigenvalue weighted by Gasteiger charge is 2.28. The van der Waals surface area contributed by atoms with Gasteiger partial charge in [0.2, 0.25) is 11.8 Å². The van der Waals surface area contributed by atoms with E-state index in [1.54, 1.807) is 7.05 Å². The van der Waals surface area contributed by atoms with E-state index < -0.39 is 0 Å². The van der Waals surface area contributed by atoms with Crippen LogP contribution in [0.15, 0.2) is 16.5 Å². The molecule has 1 N–H and O–H groups in total. The second-order valence-electron chi connectivity index (χ2n) is 6.95. The number of carbonyl (C=O) groups excluding carboxylic acids is 1. The molecule has 1 fully saturated rings. The Morgan fingerprint density at radius 3 is 2.84 bits per heavy atom. The molecule has 1 saturated heterocycles. The maximum atomic E-state index is 12.0. The Kier molecular flexibility index (Phi) is 5.22. The molecule has 1 aliphatic rings. The van der Waals surface area contributed by atoms with Crippen LogP contribution in [0.1, 0.15) is 73.0 Å². The van der Waals surface area contributed by atoms with Crippen molar-refractivity contribution in [1.82, 2.24) is 25.0 Å². The highest BCUT2D eigenvalue weighted by molar-refractivity contribution is 5.92. The minimum absolute atomic E-state index is 0.0606. The molecule has 1 atom stereocenters. The Morgan fingerprint density at radius 2 is 2.16 bits per heavy atom. The van der Waals surface area contributed by atoms with E-state index in [4.69, 9.17) is 4.42 Å². The second kappa shape index (κ2) is 7.39. The van der Waals surface area contributed by atoms with E-state index >= 15 is 0 Å². The van der Waals surface area contributed by atoms with Crippen LogP contribution < -0.4 is 5.32 Å². The van der Waals surface area contributed by atoms with Crippen LogP contribution in [0.4, 0.5) is 0 Å². The van der Waals surface area contributed by atoms with E-state index in [0.29, 0.717) is 24.0 Å². The van der Waals surface area contributed by atoms with Crippen LogP contribution in [0.3, 0.4) is 0 Å². The van der Waals surface area contributed by atoms with Crippen molar-refractivity contribution in [1.29, 1.82) is 0 Å². The van der Waals surface area contributed by atoms with Gasteiger partial charge < -0.3 is 14.3 Å². The van der Waals surface area contributed by atoms with Gasteiger partial charge in [0.15, 0.2) is 0 Å². The van der Waals surface area contributed by atoms with E-state index in [9.17, 15) is 4.79 Å². The fourth-order valence-corrected chi connectivity index (χ4v) is 3.47. The molecule has 0 aromatic carbocycles. The summed E-state index contributed by atoms with van der Waals surface area (Å²) in [6.07, 6.45) is 3.41. The predicted octanol–water partition coefficient (Wildman–Crippen LogP) is 2.62. The summed E-state index contributed by atoms with van der Waals surface area (Å²) in [5.74, 6) is 1.52. The lowest BCUT2D eigenvalue weighted by atomic mass is 9.99. The van der Waals surface area contributed by atoms with Crippen LogP contribution in [0.25, 0.3) is 0 Å². The van der Waals surface area contributed by atoms with Crippen molar-refractivity contribution >= 4 is 5.91 Å². The van der Waals surface area contributed by atoms with Gasteiger partial charge in [0.25, 0.3) is 5.91 Å². The molecule has 1 amide bonds. The maximum Gasteiger partial charge on any atom is 0.267 e. The average Bonchev–Trinajstić information content (AvgIpc) is 3.22. The number of piperidine rings is 1. The van der Waals surface area contributed by atoms with Crippen molar-refractivity contribution in [3.63, 3.8) is 0 Å². The number of carbonyl (C=O) groups is 1. The molecule has 0 radical (unpaired) electrons. The Balaban J connectivity index is 1.81. The lowest BCUT2D eigenvalue weighted by Crippen LogP contribution is -2.34. The molecule has 7 nitrogen and oxygen atoms in total. The standard InChI is InChI=1S/C18H27N5O2/c1-12(2)18-21-20-16(25-18)11-23-10-6-5-7-14(23)13-8-9-15(22(13)4)17(24)19-3/h8-9,12,14H,5-7,10-11H2,1-4H3,(H,19,24). The number of rotatable bonds is 5. The van der Waals surface area contributed by atoms with Crippen molar-refractivity contribution in [2.24, 2.45) is 7.05 Å². The van der Waals surface area contributed by atoms with Gasteiger partial charge in [-0.25, -0.2) is 0 Å². The van der Waals surface area contributed by atoms with Crippen LogP contribution in [0.5, 0.6) is 0 Å². The van der Waals surface area contributed by atoms with Crippen molar-refractivity contribution in [2.45, 2.75) is 51.6 Å². The number of hydrogen-bond donors (Lipinski definition) is 1. The Hall–Kier alpha value is -2.15. The SMILES string of the molecule is CNC(=O)c1ccc(C2CCCCN2Cc2nnc(C(C)C)o2)n1C. The summed E-state index contributed by atoms with van der Waals surface area (Å²) in [7, 11) is 3.61. The Labute approximate surface area is 148 Å². The van der Waals surface area contributed by atoms with Gasteiger partial charge in [-0.05, 0) is 31.5 Å². The molecule has 3 heterocycles. The molecule has 0 aliphatic carbocycles. The zero-order valence-electron chi connectivity index (χ0n) is 15.5. The third-order valence-electron chi connectivity index (χ3n) is 4.89. The van der Waals surface area contributed by atoms with Gasteiger partial charge in [-0.15, -0.1) is 10.2 Å². The number of nitrogens with zero attached hydrogens (tertiary/aromatic N) is 4. The molecule has 3 rings (SSSR count). The molecular weight excluding hydrogens is 318 g/mol. The molecule has 136 valence electrons. The van der Waals surface area contributed by atoms with Gasteiger partial charge in [-0.1, -0.05) is 20.3 Å². The zero-order valence-corrected chi connectivity index (χ0v) is 15.5. The molecule has 1 aliphatic heterocycles. The summed E-state index contributed by atoms with van der Waals surface area (Å²) in [5, 5.41) is 11.0. The molecule has 2 aromatic heterocycles. The summed E-state index contributed by atoms with van der Waals surface area (Å²) < 4.78 is 7.78. The first-order valence-electron chi connectivity index (χ1n) is 8.95. The largest absolute Gasteiger partial charge is 0.424 e. The van der Waals surface area contributed by atoms with Crippen LogP contribution >= 0.6 is 0 Å². The fraction of sp³-hybridized carbons (Fsp3) is 0.611. The third-order valence-corrected chi connectivity index (χ3v) is 4.89. The molecule has 7 heteroatoms. The van der Waals surface area contributed by atoms with E-state index in [-0.39, 0.29) is 17.9 Å². The molecule has 0 bridgehead atoms. The van der Waals surface area contributed by atoms with Gasteiger partial charge >= 0.3 is 0 Å². The summed E-state index contributed by atoms with van der Waals surface area (Å²) >= 11 is 0. The summed E-state index contributed by atoms with van der Waals surface area (Å²) in [5.41, 5.74) is 1.84. The van der Waals surface area contributed by atoms with Crippen LogP contribution in [0, 0.1) is 0 Å². The van der Waals surface area contributed by atoms with E-state index in [0.717, 1.165) is 25.1 Å². The Bertz CT molecular complexity index is 734. The van der Waals surface area contributed by atoms with Gasteiger partial charge in [-0.3, -0.25) is 9.69 Å². The minimum Gasteiger partial charge on any atom is -0.424 e. The second-order valence-corrected chi connectivity index (χ2v) is 6.95. The smallest absolute Gasteiger partial charge is 0.267 e. The number of likely N-dealkylation sites (tertiary alicyclic amines) is 1. The first kappa shape index (κ1) is 17.7. The van der Waals surface area contributed by atoms with Gasteiger partial charge in [0.1, 0.15) is 5.69 Å². The van der Waals surface area contributed by atoms with E-state index in [1.807, 2.05) is 31.5 Å². The van der Waals surface area contributed by atoms with E-state index in [1.165, 1.54) is 6.42 Å². The summed E-state index contributed by atoms with van der Waals surface area (Å²) in [4.78, 5) is 14.4. The zero-order chi connectivity index (χ0) is 18.0. The van der Waals surface area contributed by atoms with Crippen molar-refractivity contribution < 1.29 is 9.21 Å². The Morgan fingerprint density at radius 1 is 1.36 bits per heavy atom. The van der Waals surface area contributed by atoms with Crippen LogP contribution in [-0.2, 0) is 13.6 Å². The van der Waals surface area contributed by atoms with E-state index in [2.05, 4.69) is 26.5 Å². The molecule has 0 saturated carbocycles. The van der Waals surface area contributed by atoms with Gasteiger partial charge in [-0.2, -0.15) is 0 Å². The van der Waals surface area contributed by atoms with Crippen molar-refractivity contribution in [3.05, 3.63) is 35.3 Å². The first-order chi connectivity index (χ1) is 12.0.